The van der Waals surface area contributed by atoms with Crippen LogP contribution >= 0.6 is 0 Å². The summed E-state index contributed by atoms with van der Waals surface area (Å²) in [6.07, 6.45) is 12.6. The molecule has 0 fully saturated rings. The number of carbonyl (C=O) groups excluding carboxylic acids is 1. The summed E-state index contributed by atoms with van der Waals surface area (Å²) in [6, 6.07) is 18.5. The van der Waals surface area contributed by atoms with Crippen molar-refractivity contribution in [3.63, 3.8) is 0 Å². The summed E-state index contributed by atoms with van der Waals surface area (Å²) in [5.41, 5.74) is 2.59. The van der Waals surface area contributed by atoms with Crippen molar-refractivity contribution in [2.24, 2.45) is 0 Å². The lowest BCUT2D eigenvalue weighted by molar-refractivity contribution is -0.917. The predicted molar refractivity (Wildman–Crippen MR) is 146 cm³/mol. The van der Waals surface area contributed by atoms with Gasteiger partial charge in [0.05, 0.1) is 27.3 Å². The van der Waals surface area contributed by atoms with Crippen molar-refractivity contribution < 1.29 is 18.8 Å². The third-order valence-electron chi connectivity index (χ3n) is 6.87. The molecule has 1 atom stereocenters. The standard InChI is InChI=1S/C31H48NO3/c1-5-6-7-8-9-10-11-13-17-28-20-22-30(23-21-28)34-24-16-25-35-31(33)27(2)32(3,4)26-29-18-14-12-15-19-29/h12,14-15,18-23,27H,5-11,13,16-17,24-26H2,1-4H3/q+1. The van der Waals surface area contributed by atoms with Crippen molar-refractivity contribution in [3.05, 3.63) is 65.7 Å². The molecule has 0 saturated heterocycles. The van der Waals surface area contributed by atoms with E-state index >= 15 is 0 Å². The number of rotatable bonds is 18. The van der Waals surface area contributed by atoms with Gasteiger partial charge in [-0.25, -0.2) is 4.79 Å². The van der Waals surface area contributed by atoms with E-state index in [0.717, 1.165) is 18.7 Å². The first-order valence-corrected chi connectivity index (χ1v) is 13.7. The van der Waals surface area contributed by atoms with Gasteiger partial charge in [-0.05, 0) is 37.5 Å². The Hall–Kier alpha value is -2.33. The van der Waals surface area contributed by atoms with Crippen LogP contribution in [0, 0.1) is 0 Å². The van der Waals surface area contributed by atoms with Crippen LogP contribution in [0.2, 0.25) is 0 Å². The van der Waals surface area contributed by atoms with Gasteiger partial charge >= 0.3 is 5.97 Å². The van der Waals surface area contributed by atoms with Gasteiger partial charge in [0.2, 0.25) is 0 Å². The fraction of sp³-hybridized carbons (Fsp3) is 0.581. The minimum atomic E-state index is -0.232. The molecule has 4 heteroatoms. The highest BCUT2D eigenvalue weighted by molar-refractivity contribution is 5.74. The molecule has 2 aromatic carbocycles. The van der Waals surface area contributed by atoms with Crippen molar-refractivity contribution in [1.29, 1.82) is 0 Å². The van der Waals surface area contributed by atoms with Crippen LogP contribution in [0.25, 0.3) is 0 Å². The van der Waals surface area contributed by atoms with Crippen LogP contribution in [-0.2, 0) is 22.5 Å². The van der Waals surface area contributed by atoms with Gasteiger partial charge in [0.1, 0.15) is 12.3 Å². The molecule has 194 valence electrons. The summed E-state index contributed by atoms with van der Waals surface area (Å²) < 4.78 is 11.9. The maximum absolute atomic E-state index is 12.6. The normalized spacial score (nSPS) is 12.3. The SMILES string of the molecule is CCCCCCCCCCc1ccc(OCCCOC(=O)C(C)[N+](C)(C)Cc2ccccc2)cc1. The summed E-state index contributed by atoms with van der Waals surface area (Å²) in [7, 11) is 4.14. The second-order valence-corrected chi connectivity index (χ2v) is 10.3. The highest BCUT2D eigenvalue weighted by Gasteiger charge is 2.32. The van der Waals surface area contributed by atoms with Gasteiger partial charge < -0.3 is 14.0 Å². The maximum atomic E-state index is 12.6. The molecule has 2 rings (SSSR count). The van der Waals surface area contributed by atoms with Crippen LogP contribution < -0.4 is 4.74 Å². The molecule has 0 spiro atoms. The first-order valence-electron chi connectivity index (χ1n) is 13.7. The van der Waals surface area contributed by atoms with E-state index in [1.807, 2.05) is 25.1 Å². The van der Waals surface area contributed by atoms with E-state index in [4.69, 9.17) is 9.47 Å². The molecule has 0 aliphatic heterocycles. The van der Waals surface area contributed by atoms with Gasteiger partial charge in [0.25, 0.3) is 0 Å². The highest BCUT2D eigenvalue weighted by atomic mass is 16.5. The molecule has 0 amide bonds. The number of likely N-dealkylation sites (N-methyl/N-ethyl adjacent to an activating group) is 1. The number of hydrogen-bond donors (Lipinski definition) is 0. The van der Waals surface area contributed by atoms with Crippen molar-refractivity contribution in [2.75, 3.05) is 27.3 Å². The third kappa shape index (κ3) is 11.8. The van der Waals surface area contributed by atoms with Crippen LogP contribution in [0.1, 0.15) is 82.8 Å². The number of hydrogen-bond acceptors (Lipinski definition) is 3. The van der Waals surface area contributed by atoms with E-state index in [2.05, 4.69) is 57.4 Å². The van der Waals surface area contributed by atoms with Gasteiger partial charge in [0.15, 0.2) is 6.04 Å². The second kappa shape index (κ2) is 16.4. The number of unbranched alkanes of at least 4 members (excludes halogenated alkanes) is 7. The first kappa shape index (κ1) is 28.9. The number of esters is 1. The summed E-state index contributed by atoms with van der Waals surface area (Å²) in [6.45, 7) is 5.92. The average Bonchev–Trinajstić information content (AvgIpc) is 2.86. The van der Waals surface area contributed by atoms with Gasteiger partial charge in [-0.15, -0.1) is 0 Å². The van der Waals surface area contributed by atoms with Gasteiger partial charge in [0, 0.05) is 12.0 Å². The van der Waals surface area contributed by atoms with E-state index in [1.54, 1.807) is 0 Å². The number of benzene rings is 2. The number of ether oxygens (including phenoxy) is 2. The van der Waals surface area contributed by atoms with E-state index in [1.165, 1.54) is 62.5 Å². The lowest BCUT2D eigenvalue weighted by atomic mass is 10.0. The zero-order valence-corrected chi connectivity index (χ0v) is 22.6. The second-order valence-electron chi connectivity index (χ2n) is 10.3. The van der Waals surface area contributed by atoms with Crippen LogP contribution in [0.5, 0.6) is 5.75 Å². The molecular formula is C31H48NO3+. The maximum Gasteiger partial charge on any atom is 0.364 e. The quantitative estimate of drug-likeness (QED) is 0.127. The number of nitrogens with zero attached hydrogens (tertiary/aromatic N) is 1. The monoisotopic (exact) mass is 482 g/mol. The topological polar surface area (TPSA) is 35.5 Å². The van der Waals surface area contributed by atoms with Crippen molar-refractivity contribution in [1.82, 2.24) is 0 Å². The van der Waals surface area contributed by atoms with Crippen LogP contribution in [0.15, 0.2) is 54.6 Å². The Labute approximate surface area is 214 Å². The summed E-state index contributed by atoms with van der Waals surface area (Å²) >= 11 is 0. The van der Waals surface area contributed by atoms with Gasteiger partial charge in [-0.1, -0.05) is 94.3 Å². The Morgan fingerprint density at radius 3 is 2.06 bits per heavy atom. The Balaban J connectivity index is 1.57. The summed E-state index contributed by atoms with van der Waals surface area (Å²) in [5.74, 6) is 0.723. The Bertz CT molecular complexity index is 817. The van der Waals surface area contributed by atoms with E-state index < -0.39 is 0 Å². The van der Waals surface area contributed by atoms with E-state index in [0.29, 0.717) is 24.1 Å². The molecule has 0 heterocycles. The minimum Gasteiger partial charge on any atom is -0.493 e. The molecule has 0 aliphatic rings. The lowest BCUT2D eigenvalue weighted by Crippen LogP contribution is -2.51. The third-order valence-corrected chi connectivity index (χ3v) is 6.87. The largest absolute Gasteiger partial charge is 0.493 e. The van der Waals surface area contributed by atoms with E-state index in [9.17, 15) is 4.79 Å². The highest BCUT2D eigenvalue weighted by Crippen LogP contribution is 2.17. The molecule has 1 unspecified atom stereocenters. The Morgan fingerprint density at radius 2 is 1.40 bits per heavy atom. The smallest absolute Gasteiger partial charge is 0.364 e. The first-order chi connectivity index (χ1) is 16.9. The average molecular weight is 483 g/mol. The van der Waals surface area contributed by atoms with Crippen LogP contribution in [-0.4, -0.2) is 43.8 Å². The minimum absolute atomic E-state index is 0.156. The molecule has 0 radical (unpaired) electrons. The number of quaternary nitrogens is 1. The van der Waals surface area contributed by atoms with Crippen LogP contribution in [0.4, 0.5) is 0 Å². The Morgan fingerprint density at radius 1 is 0.771 bits per heavy atom. The number of aryl methyl sites for hydroxylation is 1. The summed E-state index contributed by atoms with van der Waals surface area (Å²) in [5, 5.41) is 0. The molecule has 0 N–H and O–H groups in total. The molecular weight excluding hydrogens is 434 g/mol. The van der Waals surface area contributed by atoms with Gasteiger partial charge in [-0.2, -0.15) is 0 Å². The zero-order valence-electron chi connectivity index (χ0n) is 22.6. The Kier molecular flexibility index (Phi) is 13.5. The predicted octanol–water partition coefficient (Wildman–Crippen LogP) is 7.35. The van der Waals surface area contributed by atoms with E-state index in [-0.39, 0.29) is 12.0 Å². The molecule has 0 bridgehead atoms. The lowest BCUT2D eigenvalue weighted by Gasteiger charge is -2.34. The molecule has 4 nitrogen and oxygen atoms in total. The fourth-order valence-electron chi connectivity index (χ4n) is 4.23. The fourth-order valence-corrected chi connectivity index (χ4v) is 4.23. The molecule has 0 aromatic heterocycles. The van der Waals surface area contributed by atoms with Crippen molar-refractivity contribution in [3.8, 4) is 5.75 Å². The van der Waals surface area contributed by atoms with Crippen molar-refractivity contribution >= 4 is 5.97 Å². The molecule has 35 heavy (non-hydrogen) atoms. The molecule has 0 saturated carbocycles. The summed E-state index contributed by atoms with van der Waals surface area (Å²) in [4.78, 5) is 12.6. The number of carbonyl (C=O) groups is 1. The van der Waals surface area contributed by atoms with Crippen molar-refractivity contribution in [2.45, 2.75) is 90.6 Å². The van der Waals surface area contributed by atoms with Gasteiger partial charge in [-0.3, -0.25) is 0 Å². The zero-order chi connectivity index (χ0) is 25.4. The van der Waals surface area contributed by atoms with Crippen LogP contribution in [0.3, 0.4) is 0 Å². The molecule has 0 aliphatic carbocycles. The molecule has 2 aromatic rings.